The molecule has 2 aromatic rings. The fourth-order valence-corrected chi connectivity index (χ4v) is 8.44. The molecule has 1 aromatic heterocycles. The number of para-hydroxylation sites is 2. The maximum atomic E-state index is 14.2. The Hall–Kier alpha value is -3.27. The van der Waals surface area contributed by atoms with Crippen molar-refractivity contribution in [2.75, 3.05) is 13.7 Å². The zero-order chi connectivity index (χ0) is 28.5. The first-order valence-electron chi connectivity index (χ1n) is 15.4. The van der Waals surface area contributed by atoms with Crippen LogP contribution in [0.1, 0.15) is 88.8 Å². The Bertz CT molecular complexity index is 1360. The van der Waals surface area contributed by atoms with Gasteiger partial charge in [0.25, 0.3) is 11.5 Å². The average molecular weight is 564 g/mol. The van der Waals surface area contributed by atoms with Gasteiger partial charge in [-0.25, -0.2) is 9.78 Å². The van der Waals surface area contributed by atoms with Gasteiger partial charge in [0, 0.05) is 31.2 Å². The number of carbonyl (C=O) groups excluding carboxylic acids is 1. The number of piperidine rings is 2. The van der Waals surface area contributed by atoms with Crippen LogP contribution < -0.4 is 10.9 Å². The lowest BCUT2D eigenvalue weighted by molar-refractivity contribution is -0.142. The molecule has 6 rings (SSSR count). The monoisotopic (exact) mass is 563 g/mol. The number of likely N-dealkylation sites (N-methyl/N-ethyl adjacent to an activating group) is 1. The molecule has 1 aromatic carbocycles. The average Bonchev–Trinajstić information content (AvgIpc) is 3.13. The van der Waals surface area contributed by atoms with Crippen LogP contribution in [0.25, 0.3) is 11.0 Å². The second kappa shape index (κ2) is 11.9. The minimum absolute atomic E-state index is 0.0301. The van der Waals surface area contributed by atoms with Gasteiger partial charge in [0.15, 0.2) is 11.4 Å². The number of hydrogen-bond donors (Lipinski definition) is 2. The van der Waals surface area contributed by atoms with Gasteiger partial charge >= 0.3 is 5.97 Å². The molecule has 0 radical (unpaired) electrons. The van der Waals surface area contributed by atoms with Crippen molar-refractivity contribution in [1.82, 2.24) is 19.8 Å². The van der Waals surface area contributed by atoms with Crippen molar-refractivity contribution in [3.05, 3.63) is 40.3 Å². The first kappa shape index (κ1) is 27.9. The number of amides is 1. The molecule has 2 N–H and O–H groups in total. The highest BCUT2D eigenvalue weighted by molar-refractivity contribution is 6.44. The topological polar surface area (TPSA) is 126 Å². The van der Waals surface area contributed by atoms with E-state index < -0.39 is 24.0 Å². The number of carboxylic acids is 1. The predicted molar refractivity (Wildman–Crippen MR) is 155 cm³/mol. The SMILES string of the molecule is CNC(=O)C(=NOCC(=O)O)c1nc2ccccc2n(C2CC3CCCC(C2)N3C2CC3CCCCC(C3)C2)c1=O. The van der Waals surface area contributed by atoms with Gasteiger partial charge in [-0.3, -0.25) is 14.5 Å². The van der Waals surface area contributed by atoms with Gasteiger partial charge in [0.05, 0.1) is 11.0 Å². The van der Waals surface area contributed by atoms with Crippen molar-refractivity contribution >= 4 is 28.6 Å². The summed E-state index contributed by atoms with van der Waals surface area (Å²) < 4.78 is 1.83. The summed E-state index contributed by atoms with van der Waals surface area (Å²) in [4.78, 5) is 50.3. The summed E-state index contributed by atoms with van der Waals surface area (Å²) in [5, 5.41) is 15.2. The number of hydrogen-bond acceptors (Lipinski definition) is 7. The summed E-state index contributed by atoms with van der Waals surface area (Å²) >= 11 is 0. The Morgan fingerprint density at radius 1 is 0.951 bits per heavy atom. The quantitative estimate of drug-likeness (QED) is 0.387. The molecule has 2 saturated heterocycles. The van der Waals surface area contributed by atoms with E-state index in [4.69, 9.17) is 9.94 Å². The maximum absolute atomic E-state index is 14.2. The van der Waals surface area contributed by atoms with Crippen LogP contribution in [0.3, 0.4) is 0 Å². The fourth-order valence-electron chi connectivity index (χ4n) is 8.44. The standard InChI is InChI=1S/C31H41N5O5/c1-32-30(39)28(34-41-18-27(37)38)29-31(40)36(26-12-5-4-11-25(26)33-29)24-16-21-9-6-10-22(17-24)35(21)23-14-19-7-2-3-8-20(13-19)15-23/h4-5,11-12,19-24H,2-3,6-10,13-18H2,1H3,(H,32,39)(H,37,38). The third kappa shape index (κ3) is 5.63. The van der Waals surface area contributed by atoms with E-state index in [0.29, 0.717) is 23.6 Å². The van der Waals surface area contributed by atoms with Crippen molar-refractivity contribution < 1.29 is 19.5 Å². The number of fused-ring (bicyclic) bond motifs is 5. The Morgan fingerprint density at radius 3 is 2.29 bits per heavy atom. The largest absolute Gasteiger partial charge is 0.479 e. The first-order chi connectivity index (χ1) is 19.9. The van der Waals surface area contributed by atoms with E-state index in [1.807, 2.05) is 28.8 Å². The van der Waals surface area contributed by atoms with E-state index in [9.17, 15) is 14.4 Å². The minimum atomic E-state index is -1.23. The smallest absolute Gasteiger partial charge is 0.344 e. The lowest BCUT2D eigenvalue weighted by atomic mass is 9.73. The van der Waals surface area contributed by atoms with Gasteiger partial charge in [-0.15, -0.1) is 0 Å². The van der Waals surface area contributed by atoms with Gasteiger partial charge in [0.2, 0.25) is 6.61 Å². The van der Waals surface area contributed by atoms with Crippen LogP contribution in [0, 0.1) is 11.8 Å². The second-order valence-electron chi connectivity index (χ2n) is 12.5. The fraction of sp³-hybridized carbons (Fsp3) is 0.645. The number of benzene rings is 1. The normalized spacial score (nSPS) is 30.4. The van der Waals surface area contributed by atoms with Gasteiger partial charge in [-0.1, -0.05) is 49.4 Å². The predicted octanol–water partition coefficient (Wildman–Crippen LogP) is 3.86. The van der Waals surface area contributed by atoms with Gasteiger partial charge in [-0.2, -0.15) is 0 Å². The van der Waals surface area contributed by atoms with Crippen LogP contribution in [-0.2, 0) is 14.4 Å². The molecule has 4 bridgehead atoms. The van der Waals surface area contributed by atoms with Crippen molar-refractivity contribution in [3.8, 4) is 0 Å². The number of aromatic nitrogens is 2. The third-order valence-electron chi connectivity index (χ3n) is 9.95. The molecule has 4 atom stereocenters. The Morgan fingerprint density at radius 2 is 1.63 bits per heavy atom. The number of carboxylic acid groups (broad SMARTS) is 1. The lowest BCUT2D eigenvalue weighted by Crippen LogP contribution is -2.58. The van der Waals surface area contributed by atoms with Crippen molar-refractivity contribution in [1.29, 1.82) is 0 Å². The minimum Gasteiger partial charge on any atom is -0.479 e. The van der Waals surface area contributed by atoms with Gasteiger partial charge < -0.3 is 19.8 Å². The summed E-state index contributed by atoms with van der Waals surface area (Å²) in [6.07, 6.45) is 14.9. The van der Waals surface area contributed by atoms with Crippen molar-refractivity contribution in [2.24, 2.45) is 17.0 Å². The molecule has 220 valence electrons. The molecule has 4 aliphatic rings. The molecule has 2 aliphatic carbocycles. The molecule has 1 amide bonds. The van der Waals surface area contributed by atoms with E-state index in [1.165, 1.54) is 58.4 Å². The molecular formula is C31H41N5O5. The van der Waals surface area contributed by atoms with Crippen molar-refractivity contribution in [3.63, 3.8) is 0 Å². The Kier molecular flexibility index (Phi) is 8.10. The second-order valence-corrected chi connectivity index (χ2v) is 12.5. The molecule has 2 saturated carbocycles. The lowest BCUT2D eigenvalue weighted by Gasteiger charge is -2.54. The summed E-state index contributed by atoms with van der Waals surface area (Å²) in [6.45, 7) is -0.729. The molecule has 4 fully saturated rings. The van der Waals surface area contributed by atoms with Crippen LogP contribution >= 0.6 is 0 Å². The van der Waals surface area contributed by atoms with Crippen LogP contribution in [0.2, 0.25) is 0 Å². The number of rotatable bonds is 7. The first-order valence-corrected chi connectivity index (χ1v) is 15.4. The van der Waals surface area contributed by atoms with Gasteiger partial charge in [0.1, 0.15) is 0 Å². The Balaban J connectivity index is 1.35. The van der Waals surface area contributed by atoms with E-state index in [2.05, 4.69) is 20.4 Å². The molecule has 10 nitrogen and oxygen atoms in total. The van der Waals surface area contributed by atoms with E-state index in [0.717, 1.165) is 43.0 Å². The zero-order valence-corrected chi connectivity index (χ0v) is 23.8. The Labute approximate surface area is 240 Å². The van der Waals surface area contributed by atoms with E-state index >= 15 is 0 Å². The van der Waals surface area contributed by atoms with E-state index in [1.54, 1.807) is 0 Å². The van der Waals surface area contributed by atoms with Gasteiger partial charge in [-0.05, 0) is 68.9 Å². The van der Waals surface area contributed by atoms with Crippen LogP contribution in [0.5, 0.6) is 0 Å². The van der Waals surface area contributed by atoms with E-state index in [-0.39, 0.29) is 17.4 Å². The highest BCUT2D eigenvalue weighted by Crippen LogP contribution is 2.47. The van der Waals surface area contributed by atoms with Crippen LogP contribution in [0.4, 0.5) is 0 Å². The molecular weight excluding hydrogens is 522 g/mol. The highest BCUT2D eigenvalue weighted by Gasteiger charge is 2.45. The molecule has 10 heteroatoms. The number of nitrogens with one attached hydrogen (secondary N) is 1. The summed E-state index contributed by atoms with van der Waals surface area (Å²) in [5.41, 5.74) is 0.480. The summed E-state index contributed by atoms with van der Waals surface area (Å²) in [6, 6.07) is 8.99. The molecule has 41 heavy (non-hydrogen) atoms. The summed E-state index contributed by atoms with van der Waals surface area (Å²) in [5.74, 6) is -0.170. The van der Waals surface area contributed by atoms with Crippen molar-refractivity contribution in [2.45, 2.75) is 101 Å². The number of oxime groups is 1. The van der Waals surface area contributed by atoms with Crippen LogP contribution in [0.15, 0.2) is 34.2 Å². The number of carbonyl (C=O) groups is 2. The third-order valence-corrected chi connectivity index (χ3v) is 9.95. The van der Waals surface area contributed by atoms with Crippen LogP contribution in [-0.4, -0.2) is 68.9 Å². The zero-order valence-electron chi connectivity index (χ0n) is 23.8. The molecule has 0 spiro atoms. The summed E-state index contributed by atoms with van der Waals surface area (Å²) in [7, 11) is 1.42. The molecule has 2 aliphatic heterocycles. The highest BCUT2D eigenvalue weighted by atomic mass is 16.6. The molecule has 3 heterocycles. The number of aliphatic carboxylic acids is 1. The number of nitrogens with zero attached hydrogens (tertiary/aromatic N) is 4. The maximum Gasteiger partial charge on any atom is 0.344 e. The molecule has 4 unspecified atom stereocenters.